The summed E-state index contributed by atoms with van der Waals surface area (Å²) in [7, 11) is -1.51. The molecule has 9 heteroatoms. The summed E-state index contributed by atoms with van der Waals surface area (Å²) in [6.07, 6.45) is 1.68. The SMILES string of the molecule is CCOC(=O)c1c(-c2ccc(OCCNS(C)(=O)=O)cc2)c(C#N)c(CC)n1C. The van der Waals surface area contributed by atoms with E-state index in [9.17, 15) is 18.5 Å². The molecule has 1 aromatic heterocycles. The van der Waals surface area contributed by atoms with Crippen molar-refractivity contribution in [2.45, 2.75) is 20.3 Å². The van der Waals surface area contributed by atoms with Crippen LogP contribution in [0.2, 0.25) is 0 Å². The number of carbonyl (C=O) groups excluding carboxylic acids is 1. The molecule has 0 saturated carbocycles. The first-order valence-electron chi connectivity index (χ1n) is 9.20. The van der Waals surface area contributed by atoms with Crippen LogP contribution in [0.3, 0.4) is 0 Å². The van der Waals surface area contributed by atoms with Gasteiger partial charge in [0, 0.05) is 24.8 Å². The summed E-state index contributed by atoms with van der Waals surface area (Å²) in [6.45, 7) is 4.23. The second-order valence-corrected chi connectivity index (χ2v) is 8.16. The van der Waals surface area contributed by atoms with Crippen LogP contribution in [0.1, 0.15) is 35.6 Å². The molecule has 0 unspecified atom stereocenters. The van der Waals surface area contributed by atoms with E-state index >= 15 is 0 Å². The van der Waals surface area contributed by atoms with Gasteiger partial charge in [-0.3, -0.25) is 0 Å². The number of nitrogens with zero attached hydrogens (tertiary/aromatic N) is 2. The van der Waals surface area contributed by atoms with Gasteiger partial charge in [-0.15, -0.1) is 0 Å². The lowest BCUT2D eigenvalue weighted by Crippen LogP contribution is -2.26. The van der Waals surface area contributed by atoms with E-state index in [4.69, 9.17) is 9.47 Å². The standard InChI is InChI=1S/C20H25N3O5S/c1-5-17-16(13-21)18(19(23(17)3)20(24)27-6-2)14-7-9-15(10-8-14)28-12-11-22-29(4,25)26/h7-10,22H,5-6,11-12H2,1-4H3. The summed E-state index contributed by atoms with van der Waals surface area (Å²) in [6, 6.07) is 9.17. The molecule has 1 N–H and O–H groups in total. The zero-order valence-electron chi connectivity index (χ0n) is 17.0. The Balaban J connectivity index is 2.34. The van der Waals surface area contributed by atoms with Crippen molar-refractivity contribution in [2.24, 2.45) is 7.05 Å². The quantitative estimate of drug-likeness (QED) is 0.493. The zero-order chi connectivity index (χ0) is 21.6. The highest BCUT2D eigenvalue weighted by Crippen LogP contribution is 2.34. The number of carbonyl (C=O) groups is 1. The van der Waals surface area contributed by atoms with Crippen LogP contribution >= 0.6 is 0 Å². The topological polar surface area (TPSA) is 110 Å². The molecule has 0 saturated heterocycles. The Labute approximate surface area is 171 Å². The first-order chi connectivity index (χ1) is 13.7. The van der Waals surface area contributed by atoms with Crippen molar-refractivity contribution in [3.05, 3.63) is 41.2 Å². The maximum Gasteiger partial charge on any atom is 0.355 e. The second-order valence-electron chi connectivity index (χ2n) is 6.33. The first kappa shape index (κ1) is 22.5. The lowest BCUT2D eigenvalue weighted by molar-refractivity contribution is 0.0516. The zero-order valence-corrected chi connectivity index (χ0v) is 17.8. The molecule has 0 fully saturated rings. The second kappa shape index (κ2) is 9.58. The van der Waals surface area contributed by atoms with Gasteiger partial charge >= 0.3 is 5.97 Å². The molecule has 0 spiro atoms. The number of aromatic nitrogens is 1. The number of benzene rings is 1. The van der Waals surface area contributed by atoms with Crippen molar-refractivity contribution >= 4 is 16.0 Å². The molecule has 156 valence electrons. The largest absolute Gasteiger partial charge is 0.492 e. The van der Waals surface area contributed by atoms with E-state index in [2.05, 4.69) is 10.8 Å². The smallest absolute Gasteiger partial charge is 0.355 e. The first-order valence-corrected chi connectivity index (χ1v) is 11.1. The van der Waals surface area contributed by atoms with Crippen LogP contribution in [0, 0.1) is 11.3 Å². The van der Waals surface area contributed by atoms with E-state index in [-0.39, 0.29) is 19.8 Å². The average molecular weight is 420 g/mol. The van der Waals surface area contributed by atoms with Gasteiger partial charge in [-0.05, 0) is 31.0 Å². The number of nitriles is 1. The van der Waals surface area contributed by atoms with Gasteiger partial charge in [-0.1, -0.05) is 19.1 Å². The minimum Gasteiger partial charge on any atom is -0.492 e. The Morgan fingerprint density at radius 3 is 2.41 bits per heavy atom. The Kier molecular flexibility index (Phi) is 7.42. The van der Waals surface area contributed by atoms with Crippen molar-refractivity contribution in [2.75, 3.05) is 26.0 Å². The van der Waals surface area contributed by atoms with Gasteiger partial charge in [-0.25, -0.2) is 17.9 Å². The summed E-state index contributed by atoms with van der Waals surface area (Å²) in [5.41, 5.74) is 2.78. The normalized spacial score (nSPS) is 11.1. The molecule has 0 radical (unpaired) electrons. The molecule has 0 aliphatic carbocycles. The molecule has 1 heterocycles. The molecule has 0 bridgehead atoms. The number of hydrogen-bond donors (Lipinski definition) is 1. The van der Waals surface area contributed by atoms with E-state index in [1.165, 1.54) is 0 Å². The molecule has 1 aromatic carbocycles. The maximum atomic E-state index is 12.5. The molecule has 0 aliphatic rings. The molecular formula is C20H25N3O5S. The molecule has 29 heavy (non-hydrogen) atoms. The molecule has 0 aliphatic heterocycles. The van der Waals surface area contributed by atoms with Crippen molar-refractivity contribution in [1.29, 1.82) is 5.26 Å². The van der Waals surface area contributed by atoms with Crippen LogP contribution in [0.15, 0.2) is 24.3 Å². The van der Waals surface area contributed by atoms with E-state index in [0.29, 0.717) is 34.6 Å². The highest BCUT2D eigenvalue weighted by Gasteiger charge is 2.26. The third-order valence-corrected chi connectivity index (χ3v) is 5.04. The lowest BCUT2D eigenvalue weighted by atomic mass is 10.00. The van der Waals surface area contributed by atoms with Gasteiger partial charge < -0.3 is 14.0 Å². The Bertz CT molecular complexity index is 1020. The summed E-state index contributed by atoms with van der Waals surface area (Å²) in [5, 5.41) is 9.71. The third kappa shape index (κ3) is 5.37. The molecule has 0 amide bonds. The highest BCUT2D eigenvalue weighted by molar-refractivity contribution is 7.88. The highest BCUT2D eigenvalue weighted by atomic mass is 32.2. The van der Waals surface area contributed by atoms with Crippen molar-refractivity contribution < 1.29 is 22.7 Å². The summed E-state index contributed by atoms with van der Waals surface area (Å²) in [5.74, 6) is 0.0697. The predicted octanol–water partition coefficient (Wildman–Crippen LogP) is 2.23. The van der Waals surface area contributed by atoms with E-state index in [1.54, 1.807) is 42.8 Å². The van der Waals surface area contributed by atoms with Gasteiger partial charge in [0.25, 0.3) is 0 Å². The number of esters is 1. The van der Waals surface area contributed by atoms with Gasteiger partial charge in [0.15, 0.2) is 0 Å². The minimum atomic E-state index is -3.26. The number of nitrogens with one attached hydrogen (secondary N) is 1. The third-order valence-electron chi connectivity index (χ3n) is 4.31. The number of rotatable bonds is 9. The van der Waals surface area contributed by atoms with Crippen LogP contribution < -0.4 is 9.46 Å². The van der Waals surface area contributed by atoms with Crippen LogP contribution in [-0.2, 0) is 28.2 Å². The van der Waals surface area contributed by atoms with Crippen molar-refractivity contribution in [3.63, 3.8) is 0 Å². The van der Waals surface area contributed by atoms with Crippen LogP contribution in [-0.4, -0.2) is 45.0 Å². The number of sulfonamides is 1. The van der Waals surface area contributed by atoms with Gasteiger partial charge in [-0.2, -0.15) is 5.26 Å². The van der Waals surface area contributed by atoms with E-state index in [0.717, 1.165) is 11.9 Å². The van der Waals surface area contributed by atoms with E-state index < -0.39 is 16.0 Å². The molecule has 2 rings (SSSR count). The van der Waals surface area contributed by atoms with Gasteiger partial charge in [0.05, 0.1) is 18.4 Å². The van der Waals surface area contributed by atoms with Crippen LogP contribution in [0.4, 0.5) is 0 Å². The molecule has 2 aromatic rings. The summed E-state index contributed by atoms with van der Waals surface area (Å²) < 4.78 is 36.9. The fraction of sp³-hybridized carbons (Fsp3) is 0.400. The lowest BCUT2D eigenvalue weighted by Gasteiger charge is -2.10. The van der Waals surface area contributed by atoms with Crippen LogP contribution in [0.25, 0.3) is 11.1 Å². The number of ether oxygens (including phenoxy) is 2. The predicted molar refractivity (Wildman–Crippen MR) is 109 cm³/mol. The van der Waals surface area contributed by atoms with Crippen LogP contribution in [0.5, 0.6) is 5.75 Å². The summed E-state index contributed by atoms with van der Waals surface area (Å²) in [4.78, 5) is 12.5. The molecule has 8 nitrogen and oxygen atoms in total. The summed E-state index contributed by atoms with van der Waals surface area (Å²) >= 11 is 0. The van der Waals surface area contributed by atoms with Gasteiger partial charge in [0.1, 0.15) is 24.1 Å². The van der Waals surface area contributed by atoms with Crippen molar-refractivity contribution in [1.82, 2.24) is 9.29 Å². The Hall–Kier alpha value is -2.83. The van der Waals surface area contributed by atoms with Crippen molar-refractivity contribution in [3.8, 4) is 22.9 Å². The Morgan fingerprint density at radius 1 is 1.24 bits per heavy atom. The molecule has 0 atom stereocenters. The number of hydrogen-bond acceptors (Lipinski definition) is 6. The molecular weight excluding hydrogens is 394 g/mol. The average Bonchev–Trinajstić information content (AvgIpc) is 2.96. The maximum absolute atomic E-state index is 12.5. The fourth-order valence-corrected chi connectivity index (χ4v) is 3.55. The minimum absolute atomic E-state index is 0.157. The fourth-order valence-electron chi connectivity index (χ4n) is 3.10. The van der Waals surface area contributed by atoms with E-state index in [1.807, 2.05) is 6.92 Å². The van der Waals surface area contributed by atoms with Gasteiger partial charge in [0.2, 0.25) is 10.0 Å². The Morgan fingerprint density at radius 2 is 1.90 bits per heavy atom. The monoisotopic (exact) mass is 419 g/mol.